The smallest absolute Gasteiger partial charge is 0.250 e. The first-order valence-corrected chi connectivity index (χ1v) is 12.8. The molecule has 0 spiro atoms. The van der Waals surface area contributed by atoms with E-state index in [0.717, 1.165) is 27.6 Å². The number of nitrogens with one attached hydrogen (secondary N) is 1. The molecule has 190 valence electrons. The molecule has 1 amide bonds. The number of thioether (sulfide) groups is 1. The molecule has 1 heterocycles. The van der Waals surface area contributed by atoms with Gasteiger partial charge in [-0.3, -0.25) is 9.36 Å². The summed E-state index contributed by atoms with van der Waals surface area (Å²) in [6, 6.07) is 29.3. The molecule has 0 unspecified atom stereocenters. The zero-order valence-corrected chi connectivity index (χ0v) is 21.7. The maximum absolute atomic E-state index is 12.6. The molecule has 1 N–H and O–H groups in total. The predicted molar refractivity (Wildman–Crippen MR) is 150 cm³/mol. The topological polar surface area (TPSA) is 90.6 Å². The maximum Gasteiger partial charge on any atom is 0.250 e. The Morgan fingerprint density at radius 3 is 2.50 bits per heavy atom. The van der Waals surface area contributed by atoms with Crippen LogP contribution in [0.4, 0.5) is 0 Å². The minimum absolute atomic E-state index is 0.115. The van der Waals surface area contributed by atoms with Gasteiger partial charge in [0.05, 0.1) is 26.2 Å². The average Bonchev–Trinajstić information content (AvgIpc) is 3.40. The highest BCUT2D eigenvalue weighted by Crippen LogP contribution is 2.34. The molecule has 0 saturated heterocycles. The fraction of sp³-hybridized carbons (Fsp3) is 0.103. The normalized spacial score (nSPS) is 11.1. The van der Waals surface area contributed by atoms with Crippen molar-refractivity contribution >= 4 is 34.7 Å². The van der Waals surface area contributed by atoms with E-state index >= 15 is 0 Å². The first kappa shape index (κ1) is 25.0. The summed E-state index contributed by atoms with van der Waals surface area (Å²) in [7, 11) is 3.18. The summed E-state index contributed by atoms with van der Waals surface area (Å²) in [5.74, 6) is 1.70. The monoisotopic (exact) mass is 523 g/mol. The molecule has 5 aromatic rings. The van der Waals surface area contributed by atoms with Gasteiger partial charge in [-0.05, 0) is 41.1 Å². The summed E-state index contributed by atoms with van der Waals surface area (Å²) in [5.41, 5.74) is 5.22. The van der Waals surface area contributed by atoms with Gasteiger partial charge in [-0.1, -0.05) is 72.4 Å². The zero-order valence-electron chi connectivity index (χ0n) is 20.9. The molecule has 5 rings (SSSR count). The van der Waals surface area contributed by atoms with E-state index in [-0.39, 0.29) is 11.7 Å². The van der Waals surface area contributed by atoms with E-state index < -0.39 is 0 Å². The molecule has 1 aromatic heterocycles. The van der Waals surface area contributed by atoms with Crippen molar-refractivity contribution in [2.45, 2.75) is 5.16 Å². The number of hydrogen-bond donors (Lipinski definition) is 1. The highest BCUT2D eigenvalue weighted by Gasteiger charge is 2.18. The molecule has 4 aromatic carbocycles. The molecule has 0 bridgehead atoms. The van der Waals surface area contributed by atoms with Crippen LogP contribution in [-0.4, -0.2) is 46.9 Å². The highest BCUT2D eigenvalue weighted by atomic mass is 32.2. The van der Waals surface area contributed by atoms with Crippen LogP contribution < -0.4 is 14.9 Å². The Morgan fingerprint density at radius 1 is 0.921 bits per heavy atom. The fourth-order valence-corrected chi connectivity index (χ4v) is 4.78. The third-order valence-electron chi connectivity index (χ3n) is 5.84. The van der Waals surface area contributed by atoms with Gasteiger partial charge in [-0.25, -0.2) is 5.43 Å². The van der Waals surface area contributed by atoms with Crippen LogP contribution in [-0.2, 0) is 4.79 Å². The predicted octanol–water partition coefficient (Wildman–Crippen LogP) is 5.35. The highest BCUT2D eigenvalue weighted by molar-refractivity contribution is 7.99. The van der Waals surface area contributed by atoms with E-state index in [1.807, 2.05) is 95.6 Å². The van der Waals surface area contributed by atoms with E-state index in [1.165, 1.54) is 11.8 Å². The number of methoxy groups -OCH3 is 2. The van der Waals surface area contributed by atoms with Crippen molar-refractivity contribution in [3.05, 3.63) is 96.6 Å². The summed E-state index contributed by atoms with van der Waals surface area (Å²) in [4.78, 5) is 12.6. The van der Waals surface area contributed by atoms with Crippen LogP contribution in [0.1, 0.15) is 5.56 Å². The Bertz CT molecular complexity index is 1600. The van der Waals surface area contributed by atoms with Gasteiger partial charge in [0.1, 0.15) is 0 Å². The number of hydrogen-bond acceptors (Lipinski definition) is 7. The Balaban J connectivity index is 1.34. The van der Waals surface area contributed by atoms with Gasteiger partial charge >= 0.3 is 0 Å². The quantitative estimate of drug-likeness (QED) is 0.159. The standard InChI is InChI=1S/C29H25N5O3S/c1-36-25-16-15-21(17-26(25)37-2)28-32-33-29(34(28)23-12-4-3-5-13-23)38-19-27(35)31-30-18-22-11-8-10-20-9-6-7-14-24(20)22/h3-18H,19H2,1-2H3,(H,31,35)/b30-18+. The number of hydrazone groups is 1. The van der Waals surface area contributed by atoms with Crippen LogP contribution >= 0.6 is 11.8 Å². The number of rotatable bonds is 9. The molecular formula is C29H25N5O3S. The molecule has 0 atom stereocenters. The van der Waals surface area contributed by atoms with Gasteiger partial charge in [0, 0.05) is 16.8 Å². The molecule has 0 radical (unpaired) electrons. The third kappa shape index (κ3) is 5.37. The first-order valence-electron chi connectivity index (χ1n) is 11.8. The van der Waals surface area contributed by atoms with Gasteiger partial charge < -0.3 is 9.47 Å². The number of ether oxygens (including phenoxy) is 2. The summed E-state index contributed by atoms with van der Waals surface area (Å²) in [6.07, 6.45) is 1.66. The number of aromatic nitrogens is 3. The molecular weight excluding hydrogens is 498 g/mol. The largest absolute Gasteiger partial charge is 0.493 e. The molecule has 38 heavy (non-hydrogen) atoms. The van der Waals surface area contributed by atoms with E-state index in [9.17, 15) is 4.79 Å². The van der Waals surface area contributed by atoms with Crippen LogP contribution in [0, 0.1) is 0 Å². The SMILES string of the molecule is COc1ccc(-c2nnc(SCC(=O)N/N=C/c3cccc4ccccc34)n2-c2ccccc2)cc1OC. The second-order valence-corrected chi connectivity index (χ2v) is 9.14. The third-order valence-corrected chi connectivity index (χ3v) is 6.77. The minimum atomic E-state index is -0.248. The lowest BCUT2D eigenvalue weighted by Crippen LogP contribution is -2.20. The summed E-state index contributed by atoms with van der Waals surface area (Å²) in [5, 5.41) is 15.8. The number of carbonyl (C=O) groups is 1. The van der Waals surface area contributed by atoms with Crippen molar-refractivity contribution in [3.8, 4) is 28.6 Å². The van der Waals surface area contributed by atoms with Crippen LogP contribution in [0.5, 0.6) is 11.5 Å². The minimum Gasteiger partial charge on any atom is -0.493 e. The molecule has 0 saturated carbocycles. The average molecular weight is 524 g/mol. The van der Waals surface area contributed by atoms with Crippen LogP contribution in [0.25, 0.3) is 27.8 Å². The molecule has 9 heteroatoms. The Kier molecular flexibility index (Phi) is 7.65. The Labute approximate surface area is 224 Å². The number of benzene rings is 4. The number of carbonyl (C=O) groups excluding carboxylic acids is 1. The van der Waals surface area contributed by atoms with Crippen molar-refractivity contribution in [2.75, 3.05) is 20.0 Å². The second kappa shape index (κ2) is 11.6. The van der Waals surface area contributed by atoms with Crippen molar-refractivity contribution in [2.24, 2.45) is 5.10 Å². The van der Waals surface area contributed by atoms with E-state index in [4.69, 9.17) is 9.47 Å². The lowest BCUT2D eigenvalue weighted by atomic mass is 10.1. The van der Waals surface area contributed by atoms with E-state index in [1.54, 1.807) is 20.4 Å². The van der Waals surface area contributed by atoms with E-state index in [2.05, 4.69) is 20.7 Å². The summed E-state index contributed by atoms with van der Waals surface area (Å²) in [6.45, 7) is 0. The zero-order chi connectivity index (χ0) is 26.3. The fourth-order valence-electron chi connectivity index (χ4n) is 4.03. The van der Waals surface area contributed by atoms with Gasteiger partial charge in [-0.2, -0.15) is 5.10 Å². The number of para-hydroxylation sites is 1. The molecule has 0 aliphatic carbocycles. The van der Waals surface area contributed by atoms with Crippen LogP contribution in [0.3, 0.4) is 0 Å². The number of fused-ring (bicyclic) bond motifs is 1. The van der Waals surface area contributed by atoms with E-state index in [0.29, 0.717) is 22.5 Å². The Morgan fingerprint density at radius 2 is 1.68 bits per heavy atom. The first-order chi connectivity index (χ1) is 18.7. The lowest BCUT2D eigenvalue weighted by molar-refractivity contribution is -0.118. The molecule has 0 aliphatic rings. The van der Waals surface area contributed by atoms with Gasteiger partial charge in [-0.15, -0.1) is 10.2 Å². The lowest BCUT2D eigenvalue weighted by Gasteiger charge is -2.12. The van der Waals surface area contributed by atoms with Gasteiger partial charge in [0.15, 0.2) is 22.5 Å². The van der Waals surface area contributed by atoms with Crippen molar-refractivity contribution in [1.29, 1.82) is 0 Å². The van der Waals surface area contributed by atoms with Crippen LogP contribution in [0.15, 0.2) is 101 Å². The molecule has 0 fully saturated rings. The Hall–Kier alpha value is -4.63. The maximum atomic E-state index is 12.6. The van der Waals surface area contributed by atoms with Gasteiger partial charge in [0.25, 0.3) is 5.91 Å². The van der Waals surface area contributed by atoms with Crippen LogP contribution in [0.2, 0.25) is 0 Å². The van der Waals surface area contributed by atoms with Crippen molar-refractivity contribution in [1.82, 2.24) is 20.2 Å². The number of nitrogens with zero attached hydrogens (tertiary/aromatic N) is 4. The summed E-state index contributed by atoms with van der Waals surface area (Å²) >= 11 is 1.28. The number of amides is 1. The molecule has 0 aliphatic heterocycles. The molecule has 8 nitrogen and oxygen atoms in total. The summed E-state index contributed by atoms with van der Waals surface area (Å²) < 4.78 is 12.7. The van der Waals surface area contributed by atoms with Crippen molar-refractivity contribution in [3.63, 3.8) is 0 Å². The second-order valence-electron chi connectivity index (χ2n) is 8.20. The van der Waals surface area contributed by atoms with Gasteiger partial charge in [0.2, 0.25) is 0 Å². The van der Waals surface area contributed by atoms with Crippen molar-refractivity contribution < 1.29 is 14.3 Å².